The molecule has 0 N–H and O–H groups in total. The minimum atomic E-state index is -4.95. The fraction of sp³-hybridized carbons (Fsp3) is 0.286. The normalized spacial score (nSPS) is 11.7. The number of hydrogen-bond acceptors (Lipinski definition) is 1. The van der Waals surface area contributed by atoms with Crippen molar-refractivity contribution in [2.24, 2.45) is 0 Å². The Morgan fingerprint density at radius 1 is 1.62 bits per heavy atom. The van der Waals surface area contributed by atoms with Crippen molar-refractivity contribution >= 4 is 6.98 Å². The monoisotopic (exact) mass is 189 g/mol. The predicted molar refractivity (Wildman–Crippen MR) is 45.2 cm³/mol. The first-order valence-electron chi connectivity index (χ1n) is 3.77. The van der Waals surface area contributed by atoms with E-state index in [0.717, 1.165) is 0 Å². The van der Waals surface area contributed by atoms with Crippen LogP contribution in [0.3, 0.4) is 0 Å². The topological polar surface area (TPSA) is 17.8 Å². The summed E-state index contributed by atoms with van der Waals surface area (Å²) >= 11 is 0. The van der Waals surface area contributed by atoms with Crippen LogP contribution in [0.1, 0.15) is 5.69 Å². The summed E-state index contributed by atoms with van der Waals surface area (Å²) in [5.74, 6) is 0. The van der Waals surface area contributed by atoms with Crippen molar-refractivity contribution in [2.45, 2.75) is 13.5 Å². The Morgan fingerprint density at radius 3 is 2.62 bits per heavy atom. The van der Waals surface area contributed by atoms with Gasteiger partial charge in [0, 0.05) is 18.4 Å². The van der Waals surface area contributed by atoms with Crippen LogP contribution in [0.25, 0.3) is 0 Å². The number of hydrogen-bond donors (Lipinski definition) is 0. The first-order chi connectivity index (χ1) is 5.91. The van der Waals surface area contributed by atoms with Gasteiger partial charge < -0.3 is 12.9 Å². The van der Waals surface area contributed by atoms with Crippen LogP contribution in [0.4, 0.5) is 12.9 Å². The van der Waals surface area contributed by atoms with Gasteiger partial charge >= 0.3 is 6.98 Å². The predicted octanol–water partition coefficient (Wildman–Crippen LogP) is 2.13. The molecule has 0 aromatic carbocycles. The third-order valence-electron chi connectivity index (χ3n) is 1.74. The van der Waals surface area contributed by atoms with Crippen LogP contribution >= 0.6 is 0 Å². The van der Waals surface area contributed by atoms with Crippen molar-refractivity contribution in [3.63, 3.8) is 0 Å². The maximum atomic E-state index is 12.1. The van der Waals surface area contributed by atoms with Crippen LogP contribution in [0.2, 0.25) is 0 Å². The molecule has 13 heavy (non-hydrogen) atoms. The maximum Gasteiger partial charge on any atom is 0.506 e. The average Bonchev–Trinajstić information content (AvgIpc) is 2.34. The Balaban J connectivity index is 2.71. The molecule has 1 aromatic rings. The van der Waals surface area contributed by atoms with Gasteiger partial charge in [-0.2, -0.15) is 5.10 Å². The summed E-state index contributed by atoms with van der Waals surface area (Å²) in [6, 6.07) is 1.65. The van der Waals surface area contributed by atoms with Crippen LogP contribution in [0.5, 0.6) is 0 Å². The van der Waals surface area contributed by atoms with E-state index < -0.39 is 12.4 Å². The third kappa shape index (κ3) is 2.37. The molecule has 0 spiro atoms. The highest BCUT2D eigenvalue weighted by Crippen LogP contribution is 2.19. The Morgan fingerprint density at radius 2 is 2.23 bits per heavy atom. The molecule has 6 heteroatoms. The van der Waals surface area contributed by atoms with Crippen molar-refractivity contribution in [3.8, 4) is 0 Å². The van der Waals surface area contributed by atoms with Gasteiger partial charge in [0.1, 0.15) is 0 Å². The van der Waals surface area contributed by atoms with E-state index in [2.05, 4.69) is 11.7 Å². The molecule has 0 saturated heterocycles. The lowest BCUT2D eigenvalue weighted by Gasteiger charge is -2.18. The molecule has 72 valence electrons. The van der Waals surface area contributed by atoms with Gasteiger partial charge in [0.2, 0.25) is 0 Å². The van der Waals surface area contributed by atoms with Gasteiger partial charge in [-0.15, -0.1) is 12.1 Å². The molecule has 1 heterocycles. The Bertz CT molecular complexity index is 316. The van der Waals surface area contributed by atoms with Crippen molar-refractivity contribution in [1.82, 2.24) is 9.78 Å². The molecule has 0 saturated carbocycles. The highest BCUT2D eigenvalue weighted by atomic mass is 19.4. The van der Waals surface area contributed by atoms with Crippen molar-refractivity contribution in [1.29, 1.82) is 0 Å². The lowest BCUT2D eigenvalue weighted by molar-refractivity contribution is 0.478. The maximum absolute atomic E-state index is 12.1. The molecule has 2 nitrogen and oxygen atoms in total. The van der Waals surface area contributed by atoms with E-state index in [1.807, 2.05) is 0 Å². The highest BCUT2D eigenvalue weighted by molar-refractivity contribution is 6.66. The zero-order chi connectivity index (χ0) is 10.1. The summed E-state index contributed by atoms with van der Waals surface area (Å²) in [5, 5.41) is 3.74. The fourth-order valence-corrected chi connectivity index (χ4v) is 0.860. The van der Waals surface area contributed by atoms with E-state index in [0.29, 0.717) is 5.69 Å². The minimum absolute atomic E-state index is 0.275. The first kappa shape index (κ1) is 9.89. The summed E-state index contributed by atoms with van der Waals surface area (Å²) in [6.07, 6.45) is 1.46. The number of aryl methyl sites for hydroxylation is 1. The SMILES string of the molecule is C=C(Cn1nccc1C)[B-](F)(F)F. The number of rotatable bonds is 3. The molecule has 0 bridgehead atoms. The smallest absolute Gasteiger partial charge is 0.445 e. The minimum Gasteiger partial charge on any atom is -0.445 e. The van der Waals surface area contributed by atoms with Crippen LogP contribution in [0.15, 0.2) is 24.3 Å². The summed E-state index contributed by atoms with van der Waals surface area (Å²) in [6.45, 7) is -0.540. The quantitative estimate of drug-likeness (QED) is 0.666. The van der Waals surface area contributed by atoms with E-state index in [1.54, 1.807) is 13.0 Å². The van der Waals surface area contributed by atoms with E-state index in [4.69, 9.17) is 0 Å². The number of allylic oxidation sites excluding steroid dienone is 1. The molecule has 1 aromatic heterocycles. The van der Waals surface area contributed by atoms with Gasteiger partial charge in [0.15, 0.2) is 0 Å². The standard InChI is InChI=1S/C7H9BF3N2/c1-6(8(9,10)11)5-13-7(2)3-4-12-13/h3-4H,1,5H2,2H3/q-1. The summed E-state index contributed by atoms with van der Waals surface area (Å²) in [4.78, 5) is 0. The molecule has 0 atom stereocenters. The second-order valence-corrected chi connectivity index (χ2v) is 2.86. The van der Waals surface area contributed by atoms with Gasteiger partial charge in [-0.3, -0.25) is 4.68 Å². The van der Waals surface area contributed by atoms with Crippen LogP contribution < -0.4 is 0 Å². The fourth-order valence-electron chi connectivity index (χ4n) is 0.860. The molecule has 0 aliphatic rings. The Kier molecular flexibility index (Phi) is 2.49. The van der Waals surface area contributed by atoms with Crippen molar-refractivity contribution in [2.75, 3.05) is 0 Å². The lowest BCUT2D eigenvalue weighted by atomic mass is 9.80. The zero-order valence-electron chi connectivity index (χ0n) is 7.17. The van der Waals surface area contributed by atoms with Crippen LogP contribution in [0, 0.1) is 6.92 Å². The Hall–Kier alpha value is -1.20. The second kappa shape index (κ2) is 3.28. The largest absolute Gasteiger partial charge is 0.506 e. The van der Waals surface area contributed by atoms with E-state index in [9.17, 15) is 12.9 Å². The molecule has 1 rings (SSSR count). The van der Waals surface area contributed by atoms with Gasteiger partial charge in [-0.25, -0.2) is 0 Å². The molecule has 0 aliphatic heterocycles. The Labute approximate surface area is 74.1 Å². The third-order valence-corrected chi connectivity index (χ3v) is 1.74. The molecular weight excluding hydrogens is 180 g/mol. The molecule has 0 amide bonds. The molecule has 0 unspecified atom stereocenters. The van der Waals surface area contributed by atoms with Crippen molar-refractivity contribution in [3.05, 3.63) is 30.0 Å². The number of nitrogens with zero attached hydrogens (tertiary/aromatic N) is 2. The molecule has 0 radical (unpaired) electrons. The van der Waals surface area contributed by atoms with Crippen LogP contribution in [-0.2, 0) is 6.54 Å². The van der Waals surface area contributed by atoms with Gasteiger partial charge in [0.05, 0.1) is 0 Å². The van der Waals surface area contributed by atoms with Gasteiger partial charge in [0.25, 0.3) is 0 Å². The van der Waals surface area contributed by atoms with Crippen molar-refractivity contribution < 1.29 is 12.9 Å². The average molecular weight is 189 g/mol. The van der Waals surface area contributed by atoms with Gasteiger partial charge in [-0.1, -0.05) is 0 Å². The molecule has 0 aliphatic carbocycles. The highest BCUT2D eigenvalue weighted by Gasteiger charge is 2.26. The van der Waals surface area contributed by atoms with E-state index in [-0.39, 0.29) is 6.54 Å². The summed E-state index contributed by atoms with van der Waals surface area (Å²) in [5.41, 5.74) is -0.0343. The zero-order valence-corrected chi connectivity index (χ0v) is 7.17. The van der Waals surface area contributed by atoms with E-state index in [1.165, 1.54) is 10.9 Å². The lowest BCUT2D eigenvalue weighted by Crippen LogP contribution is -2.23. The summed E-state index contributed by atoms with van der Waals surface area (Å²) < 4.78 is 37.6. The van der Waals surface area contributed by atoms with Gasteiger partial charge in [-0.05, 0) is 13.0 Å². The second-order valence-electron chi connectivity index (χ2n) is 2.86. The first-order valence-corrected chi connectivity index (χ1v) is 3.77. The number of halogens is 3. The van der Waals surface area contributed by atoms with E-state index >= 15 is 0 Å². The molecule has 0 fully saturated rings. The number of aromatic nitrogens is 2. The summed E-state index contributed by atoms with van der Waals surface area (Å²) in [7, 11) is 0. The molecular formula is C7H9BF3N2-. The van der Waals surface area contributed by atoms with Crippen LogP contribution in [-0.4, -0.2) is 16.8 Å².